The highest BCUT2D eigenvalue weighted by atomic mass is 32.1. The monoisotopic (exact) mass is 272 g/mol. The lowest BCUT2D eigenvalue weighted by molar-refractivity contribution is -0.142. The standard InChI is InChI=1S/C11H16N2O4S/c1-4-17-9(14)5-8-6-18-11(12-8)13-10(15)7(2)16-3/h6-7H,4-5H2,1-3H3,(H,12,13,15). The molecule has 1 atom stereocenters. The second-order valence-corrected chi connectivity index (χ2v) is 4.35. The largest absolute Gasteiger partial charge is 0.466 e. The Balaban J connectivity index is 2.53. The molecular weight excluding hydrogens is 256 g/mol. The van der Waals surface area contributed by atoms with Crippen molar-refractivity contribution in [2.75, 3.05) is 19.0 Å². The number of thiazole rings is 1. The number of rotatable bonds is 6. The molecule has 1 unspecified atom stereocenters. The number of esters is 1. The first-order valence-corrected chi connectivity index (χ1v) is 6.38. The number of nitrogens with zero attached hydrogens (tertiary/aromatic N) is 1. The van der Waals surface area contributed by atoms with Crippen molar-refractivity contribution in [1.82, 2.24) is 4.98 Å². The topological polar surface area (TPSA) is 77.5 Å². The molecule has 0 saturated carbocycles. The maximum Gasteiger partial charge on any atom is 0.311 e. The van der Waals surface area contributed by atoms with Crippen molar-refractivity contribution in [2.24, 2.45) is 0 Å². The van der Waals surface area contributed by atoms with Crippen LogP contribution in [0.25, 0.3) is 0 Å². The van der Waals surface area contributed by atoms with E-state index in [0.717, 1.165) is 0 Å². The summed E-state index contributed by atoms with van der Waals surface area (Å²) >= 11 is 1.26. The number of amides is 1. The number of aromatic nitrogens is 1. The molecule has 1 aromatic rings. The Morgan fingerprint density at radius 1 is 1.56 bits per heavy atom. The van der Waals surface area contributed by atoms with Gasteiger partial charge in [0, 0.05) is 12.5 Å². The van der Waals surface area contributed by atoms with Crippen LogP contribution in [0.1, 0.15) is 19.5 Å². The van der Waals surface area contributed by atoms with Crippen LogP contribution in [0.5, 0.6) is 0 Å². The molecule has 1 N–H and O–H groups in total. The number of hydrogen-bond acceptors (Lipinski definition) is 6. The highest BCUT2D eigenvalue weighted by Crippen LogP contribution is 2.16. The Morgan fingerprint density at radius 2 is 2.28 bits per heavy atom. The number of nitrogens with one attached hydrogen (secondary N) is 1. The summed E-state index contributed by atoms with van der Waals surface area (Å²) in [5, 5.41) is 4.77. The Kier molecular flexibility index (Phi) is 5.73. The fourth-order valence-corrected chi connectivity index (χ4v) is 1.83. The molecule has 6 nitrogen and oxygen atoms in total. The van der Waals surface area contributed by atoms with Crippen LogP contribution in [0.3, 0.4) is 0 Å². The van der Waals surface area contributed by atoms with Crippen molar-refractivity contribution in [2.45, 2.75) is 26.4 Å². The maximum absolute atomic E-state index is 11.5. The Bertz CT molecular complexity index is 419. The number of anilines is 1. The molecule has 18 heavy (non-hydrogen) atoms. The van der Waals surface area contributed by atoms with Crippen molar-refractivity contribution >= 4 is 28.3 Å². The molecule has 1 rings (SSSR count). The fourth-order valence-electron chi connectivity index (χ4n) is 1.12. The zero-order valence-electron chi connectivity index (χ0n) is 10.6. The Labute approximate surface area is 109 Å². The molecule has 0 radical (unpaired) electrons. The van der Waals surface area contributed by atoms with E-state index in [9.17, 15) is 9.59 Å². The van der Waals surface area contributed by atoms with Crippen LogP contribution < -0.4 is 5.32 Å². The maximum atomic E-state index is 11.5. The zero-order valence-corrected chi connectivity index (χ0v) is 11.4. The fraction of sp³-hybridized carbons (Fsp3) is 0.545. The lowest BCUT2D eigenvalue weighted by Gasteiger charge is -2.07. The molecule has 1 amide bonds. The van der Waals surface area contributed by atoms with Crippen molar-refractivity contribution in [1.29, 1.82) is 0 Å². The van der Waals surface area contributed by atoms with Crippen LogP contribution in [0.15, 0.2) is 5.38 Å². The van der Waals surface area contributed by atoms with E-state index in [1.807, 2.05) is 0 Å². The summed E-state index contributed by atoms with van der Waals surface area (Å²) in [6, 6.07) is 0. The van der Waals surface area contributed by atoms with Gasteiger partial charge in [-0.3, -0.25) is 14.9 Å². The SMILES string of the molecule is CCOC(=O)Cc1csc(NC(=O)C(C)OC)n1. The number of carbonyl (C=O) groups excluding carboxylic acids is 2. The van der Waals surface area contributed by atoms with Gasteiger partial charge < -0.3 is 9.47 Å². The van der Waals surface area contributed by atoms with E-state index >= 15 is 0 Å². The predicted octanol–water partition coefficient (Wildman–Crippen LogP) is 1.22. The average molecular weight is 272 g/mol. The van der Waals surface area contributed by atoms with E-state index in [1.165, 1.54) is 18.4 Å². The summed E-state index contributed by atoms with van der Waals surface area (Å²) in [6.45, 7) is 3.73. The van der Waals surface area contributed by atoms with Crippen LogP contribution in [0.4, 0.5) is 5.13 Å². The Hall–Kier alpha value is -1.47. The lowest BCUT2D eigenvalue weighted by Crippen LogP contribution is -2.26. The van der Waals surface area contributed by atoms with E-state index in [1.54, 1.807) is 19.2 Å². The average Bonchev–Trinajstić information content (AvgIpc) is 2.75. The van der Waals surface area contributed by atoms with Gasteiger partial charge in [0.05, 0.1) is 18.7 Å². The van der Waals surface area contributed by atoms with Crippen molar-refractivity contribution in [3.63, 3.8) is 0 Å². The molecule has 1 aromatic heterocycles. The van der Waals surface area contributed by atoms with E-state index in [2.05, 4.69) is 10.3 Å². The summed E-state index contributed by atoms with van der Waals surface area (Å²) in [5.41, 5.74) is 0.582. The molecule has 0 fully saturated rings. The van der Waals surface area contributed by atoms with Gasteiger partial charge in [0.1, 0.15) is 6.10 Å². The first kappa shape index (κ1) is 14.6. The summed E-state index contributed by atoms with van der Waals surface area (Å²) < 4.78 is 9.69. The molecule has 1 heterocycles. The van der Waals surface area contributed by atoms with E-state index < -0.39 is 6.10 Å². The normalized spacial score (nSPS) is 11.9. The van der Waals surface area contributed by atoms with Gasteiger partial charge in [-0.15, -0.1) is 11.3 Å². The smallest absolute Gasteiger partial charge is 0.311 e. The quantitative estimate of drug-likeness (QED) is 0.788. The minimum Gasteiger partial charge on any atom is -0.466 e. The Morgan fingerprint density at radius 3 is 2.89 bits per heavy atom. The molecule has 0 aliphatic rings. The van der Waals surface area contributed by atoms with Crippen molar-refractivity contribution in [3.05, 3.63) is 11.1 Å². The van der Waals surface area contributed by atoms with Gasteiger partial charge in [-0.05, 0) is 13.8 Å². The number of ether oxygens (including phenoxy) is 2. The van der Waals surface area contributed by atoms with Gasteiger partial charge in [-0.25, -0.2) is 4.98 Å². The summed E-state index contributed by atoms with van der Waals surface area (Å²) in [5.74, 6) is -0.597. The summed E-state index contributed by atoms with van der Waals surface area (Å²) in [7, 11) is 1.46. The second-order valence-electron chi connectivity index (χ2n) is 3.49. The van der Waals surface area contributed by atoms with Gasteiger partial charge in [-0.1, -0.05) is 0 Å². The lowest BCUT2D eigenvalue weighted by atomic mass is 10.3. The molecule has 100 valence electrons. The number of hydrogen-bond donors (Lipinski definition) is 1. The van der Waals surface area contributed by atoms with Crippen molar-refractivity contribution in [3.8, 4) is 0 Å². The van der Waals surface area contributed by atoms with Crippen LogP contribution in [-0.4, -0.2) is 36.7 Å². The minimum atomic E-state index is -0.539. The third kappa shape index (κ3) is 4.42. The van der Waals surface area contributed by atoms with Gasteiger partial charge in [0.15, 0.2) is 5.13 Å². The minimum absolute atomic E-state index is 0.111. The van der Waals surface area contributed by atoms with Gasteiger partial charge >= 0.3 is 5.97 Å². The van der Waals surface area contributed by atoms with Gasteiger partial charge in [0.2, 0.25) is 0 Å². The molecular formula is C11H16N2O4S. The number of carbonyl (C=O) groups is 2. The molecule has 7 heteroatoms. The van der Waals surface area contributed by atoms with Crippen LogP contribution in [0.2, 0.25) is 0 Å². The third-order valence-corrected chi connectivity index (χ3v) is 2.94. The highest BCUT2D eigenvalue weighted by molar-refractivity contribution is 7.13. The predicted molar refractivity (Wildman–Crippen MR) is 67.6 cm³/mol. The molecule has 0 spiro atoms. The van der Waals surface area contributed by atoms with Crippen LogP contribution in [0, 0.1) is 0 Å². The van der Waals surface area contributed by atoms with E-state index in [0.29, 0.717) is 17.4 Å². The molecule has 0 aliphatic carbocycles. The summed E-state index contributed by atoms with van der Waals surface area (Å²) in [6.07, 6.45) is -0.428. The summed E-state index contributed by atoms with van der Waals surface area (Å²) in [4.78, 5) is 26.9. The molecule has 0 aliphatic heterocycles. The first-order valence-electron chi connectivity index (χ1n) is 5.50. The van der Waals surface area contributed by atoms with Crippen LogP contribution in [-0.2, 0) is 25.5 Å². The molecule has 0 aromatic carbocycles. The van der Waals surface area contributed by atoms with Gasteiger partial charge in [0.25, 0.3) is 5.91 Å². The zero-order chi connectivity index (χ0) is 13.5. The first-order chi connectivity index (χ1) is 8.56. The number of methoxy groups -OCH3 is 1. The van der Waals surface area contributed by atoms with E-state index in [4.69, 9.17) is 9.47 Å². The highest BCUT2D eigenvalue weighted by Gasteiger charge is 2.14. The molecule has 0 bridgehead atoms. The third-order valence-electron chi connectivity index (χ3n) is 2.14. The molecule has 0 saturated heterocycles. The van der Waals surface area contributed by atoms with Crippen molar-refractivity contribution < 1.29 is 19.1 Å². The van der Waals surface area contributed by atoms with E-state index in [-0.39, 0.29) is 18.3 Å². The van der Waals surface area contributed by atoms with Gasteiger partial charge in [-0.2, -0.15) is 0 Å². The second kappa shape index (κ2) is 7.07. The van der Waals surface area contributed by atoms with Crippen LogP contribution >= 0.6 is 11.3 Å².